The molecule has 2 heterocycles. The molecule has 0 bridgehead atoms. The Balaban J connectivity index is 2.51. The van der Waals surface area contributed by atoms with E-state index in [2.05, 4.69) is 4.98 Å². The van der Waals surface area contributed by atoms with Crippen LogP contribution in [0.2, 0.25) is 0 Å². The fraction of sp³-hybridized carbons (Fsp3) is 0.600. The predicted molar refractivity (Wildman–Crippen MR) is 63.6 cm³/mol. The Bertz CT molecular complexity index is 600. The van der Waals surface area contributed by atoms with Gasteiger partial charge in [-0.1, -0.05) is 0 Å². The van der Waals surface area contributed by atoms with Crippen LogP contribution < -0.4 is 5.56 Å². The Kier molecular flexibility index (Phi) is 3.35. The number of aromatic amines is 1. The van der Waals surface area contributed by atoms with Crippen molar-refractivity contribution >= 4 is 12.2 Å². The number of hydrogen-bond acceptors (Lipinski definition) is 6. The molecule has 0 aliphatic carbocycles. The van der Waals surface area contributed by atoms with Crippen LogP contribution in [0, 0.1) is 4.77 Å². The van der Waals surface area contributed by atoms with Gasteiger partial charge in [0.15, 0.2) is 11.0 Å². The number of hydrogen-bond donors (Lipinski definition) is 4. The summed E-state index contributed by atoms with van der Waals surface area (Å²) in [5.41, 5.74) is -2.50. The third kappa shape index (κ3) is 2.13. The Morgan fingerprint density at radius 1 is 1.68 bits per heavy atom. The van der Waals surface area contributed by atoms with E-state index in [-0.39, 0.29) is 4.77 Å². The van der Waals surface area contributed by atoms with Crippen molar-refractivity contribution in [3.63, 3.8) is 0 Å². The van der Waals surface area contributed by atoms with Gasteiger partial charge in [0.2, 0.25) is 0 Å². The zero-order chi connectivity index (χ0) is 14.4. The number of halogens is 1. The fourth-order valence-electron chi connectivity index (χ4n) is 2.01. The first kappa shape index (κ1) is 14.3. The van der Waals surface area contributed by atoms with Crippen LogP contribution in [0.25, 0.3) is 0 Å². The van der Waals surface area contributed by atoms with E-state index in [1.54, 1.807) is 0 Å². The molecule has 1 fully saturated rings. The van der Waals surface area contributed by atoms with Crippen molar-refractivity contribution in [3.05, 3.63) is 27.4 Å². The molecule has 0 radical (unpaired) electrons. The minimum absolute atomic E-state index is 0.104. The average Bonchev–Trinajstić information content (AvgIpc) is 2.51. The van der Waals surface area contributed by atoms with Gasteiger partial charge >= 0.3 is 0 Å². The minimum Gasteiger partial charge on any atom is -0.390 e. The van der Waals surface area contributed by atoms with Crippen molar-refractivity contribution in [1.82, 2.24) is 9.55 Å². The third-order valence-corrected chi connectivity index (χ3v) is 3.40. The number of rotatable bonds is 2. The fourth-order valence-corrected chi connectivity index (χ4v) is 2.27. The van der Waals surface area contributed by atoms with Crippen LogP contribution in [0.1, 0.15) is 13.2 Å². The van der Waals surface area contributed by atoms with E-state index in [9.17, 15) is 19.4 Å². The van der Waals surface area contributed by atoms with Crippen LogP contribution in [0.15, 0.2) is 17.1 Å². The minimum atomic E-state index is -2.81. The van der Waals surface area contributed by atoms with E-state index >= 15 is 0 Å². The summed E-state index contributed by atoms with van der Waals surface area (Å²) in [4.78, 5) is 13.3. The molecule has 1 aliphatic heterocycles. The van der Waals surface area contributed by atoms with E-state index in [0.717, 1.165) is 17.6 Å². The van der Waals surface area contributed by atoms with Crippen LogP contribution in [0.3, 0.4) is 0 Å². The summed E-state index contributed by atoms with van der Waals surface area (Å²) in [5, 5.41) is 28.8. The maximum atomic E-state index is 14.1. The van der Waals surface area contributed by atoms with Crippen LogP contribution in [-0.4, -0.2) is 49.0 Å². The van der Waals surface area contributed by atoms with E-state index in [1.165, 1.54) is 6.20 Å². The van der Waals surface area contributed by atoms with Crippen molar-refractivity contribution in [1.29, 1.82) is 0 Å². The number of aliphatic hydroxyl groups is 3. The number of ether oxygens (including phenoxy) is 1. The molecule has 1 aromatic rings. The van der Waals surface area contributed by atoms with Crippen LogP contribution in [0.4, 0.5) is 4.39 Å². The van der Waals surface area contributed by atoms with Crippen molar-refractivity contribution in [3.8, 4) is 0 Å². The topological polar surface area (TPSA) is 108 Å². The van der Waals surface area contributed by atoms with Gasteiger partial charge in [-0.2, -0.15) is 0 Å². The Labute approximate surface area is 111 Å². The van der Waals surface area contributed by atoms with Gasteiger partial charge in [0, 0.05) is 12.3 Å². The lowest BCUT2D eigenvalue weighted by Gasteiger charge is -2.27. The first-order valence-corrected chi connectivity index (χ1v) is 5.82. The number of alkyl halides is 1. The first-order chi connectivity index (χ1) is 8.72. The third-order valence-electron chi connectivity index (χ3n) is 3.09. The molecule has 1 saturated heterocycles. The lowest BCUT2D eigenvalue weighted by Crippen LogP contribution is -2.48. The smallest absolute Gasteiger partial charge is 0.263 e. The van der Waals surface area contributed by atoms with Gasteiger partial charge in [0.25, 0.3) is 11.4 Å². The lowest BCUT2D eigenvalue weighted by molar-refractivity contribution is -0.207. The molecule has 9 heteroatoms. The van der Waals surface area contributed by atoms with Gasteiger partial charge in [-0.25, -0.2) is 4.39 Å². The van der Waals surface area contributed by atoms with Crippen LogP contribution >= 0.6 is 12.2 Å². The largest absolute Gasteiger partial charge is 0.390 e. The summed E-state index contributed by atoms with van der Waals surface area (Å²) in [6.07, 6.45) is -2.15. The van der Waals surface area contributed by atoms with Gasteiger partial charge < -0.3 is 20.1 Å². The highest BCUT2D eigenvalue weighted by Crippen LogP contribution is 2.44. The molecule has 4 unspecified atom stereocenters. The molecule has 0 spiro atoms. The molecule has 1 aromatic heterocycles. The van der Waals surface area contributed by atoms with Crippen LogP contribution in [0.5, 0.6) is 0 Å². The molecule has 4 N–H and O–H groups in total. The molecule has 0 saturated carbocycles. The summed E-state index contributed by atoms with van der Waals surface area (Å²) in [5.74, 6) is -2.81. The maximum absolute atomic E-state index is 14.1. The summed E-state index contributed by atoms with van der Waals surface area (Å²) < 4.78 is 20.0. The molecule has 106 valence electrons. The van der Waals surface area contributed by atoms with Gasteiger partial charge in [0.05, 0.1) is 0 Å². The Morgan fingerprint density at radius 3 is 2.79 bits per heavy atom. The van der Waals surface area contributed by atoms with Crippen molar-refractivity contribution in [2.24, 2.45) is 0 Å². The number of aliphatic hydroxyl groups excluding tert-OH is 2. The van der Waals surface area contributed by atoms with Crippen LogP contribution in [-0.2, 0) is 4.74 Å². The molecule has 0 aromatic carbocycles. The standard InChI is InChI=1S/C10H13FN2O5S/c1-9(17)6(16)10(11,4-14)18-7(9)13-3-2-5(15)12-8(13)19/h2-3,6-7,14,16-17H,4H2,1H3,(H,12,15,19). The SMILES string of the molecule is CC1(O)C(n2ccc(=O)[nH]c2=S)OC(F)(CO)C1O. The van der Waals surface area contributed by atoms with Crippen molar-refractivity contribution in [2.45, 2.75) is 30.7 Å². The van der Waals surface area contributed by atoms with E-state index < -0.39 is 36.0 Å². The normalized spacial score (nSPS) is 38.6. The molecular weight excluding hydrogens is 279 g/mol. The number of H-pyrrole nitrogens is 1. The molecule has 2 rings (SSSR count). The first-order valence-electron chi connectivity index (χ1n) is 5.42. The average molecular weight is 292 g/mol. The highest BCUT2D eigenvalue weighted by Gasteiger charge is 2.62. The van der Waals surface area contributed by atoms with Crippen molar-refractivity contribution < 1.29 is 24.4 Å². The van der Waals surface area contributed by atoms with Gasteiger partial charge in [0.1, 0.15) is 18.3 Å². The lowest BCUT2D eigenvalue weighted by atomic mass is 9.95. The molecule has 7 nitrogen and oxygen atoms in total. The van der Waals surface area contributed by atoms with Gasteiger partial charge in [-0.15, -0.1) is 0 Å². The summed E-state index contributed by atoms with van der Waals surface area (Å²) in [6, 6.07) is 1.11. The highest BCUT2D eigenvalue weighted by atomic mass is 32.1. The second-order valence-electron chi connectivity index (χ2n) is 4.56. The summed E-state index contributed by atoms with van der Waals surface area (Å²) >= 11 is 4.88. The molecular formula is C10H13FN2O5S. The quantitative estimate of drug-likeness (QED) is 0.532. The predicted octanol–water partition coefficient (Wildman–Crippen LogP) is -0.795. The summed E-state index contributed by atoms with van der Waals surface area (Å²) in [6.45, 7) is 0.0176. The maximum Gasteiger partial charge on any atom is 0.263 e. The number of nitrogens with one attached hydrogen (secondary N) is 1. The molecule has 19 heavy (non-hydrogen) atoms. The van der Waals surface area contributed by atoms with Gasteiger partial charge in [-0.3, -0.25) is 14.3 Å². The monoisotopic (exact) mass is 292 g/mol. The van der Waals surface area contributed by atoms with Gasteiger partial charge in [-0.05, 0) is 19.1 Å². The van der Waals surface area contributed by atoms with E-state index in [0.29, 0.717) is 0 Å². The number of nitrogens with zero attached hydrogens (tertiary/aromatic N) is 1. The molecule has 1 aliphatic rings. The second-order valence-corrected chi connectivity index (χ2v) is 4.95. The Morgan fingerprint density at radius 2 is 2.32 bits per heavy atom. The zero-order valence-corrected chi connectivity index (χ0v) is 10.7. The highest BCUT2D eigenvalue weighted by molar-refractivity contribution is 7.71. The molecule has 0 amide bonds. The van der Waals surface area contributed by atoms with Crippen molar-refractivity contribution in [2.75, 3.05) is 6.61 Å². The van der Waals surface area contributed by atoms with E-state index in [4.69, 9.17) is 22.1 Å². The molecule has 4 atom stereocenters. The van der Waals surface area contributed by atoms with E-state index in [1.807, 2.05) is 0 Å². The number of aromatic nitrogens is 2. The Hall–Kier alpha value is -1.13. The second kappa shape index (κ2) is 4.46. The zero-order valence-electron chi connectivity index (χ0n) is 9.91. The summed E-state index contributed by atoms with van der Waals surface area (Å²) in [7, 11) is 0.